The SMILES string of the molecule is CC1=CCc2c(cc3oc(C)cc(=O)c3c2O)OC1.CN(C)CCCN1c2ccccc2CCc2ccc(Cl)cc21.Cl. The zero-order valence-corrected chi connectivity index (χ0v) is 26.1. The van der Waals surface area contributed by atoms with Gasteiger partial charge in [0.2, 0.25) is 0 Å². The molecule has 2 aliphatic rings. The quantitative estimate of drug-likeness (QED) is 0.240. The van der Waals surface area contributed by atoms with Gasteiger partial charge in [-0.2, -0.15) is 0 Å². The topological polar surface area (TPSA) is 66.2 Å². The Morgan fingerprint density at radius 3 is 2.50 bits per heavy atom. The molecule has 42 heavy (non-hydrogen) atoms. The van der Waals surface area contributed by atoms with Gasteiger partial charge >= 0.3 is 0 Å². The lowest BCUT2D eigenvalue weighted by Gasteiger charge is -2.27. The van der Waals surface area contributed by atoms with Crippen LogP contribution in [0.1, 0.15) is 35.8 Å². The summed E-state index contributed by atoms with van der Waals surface area (Å²) in [5, 5.41) is 11.3. The van der Waals surface area contributed by atoms with Crippen LogP contribution < -0.4 is 15.1 Å². The van der Waals surface area contributed by atoms with Crippen molar-refractivity contribution in [3.8, 4) is 11.5 Å². The van der Waals surface area contributed by atoms with Crippen molar-refractivity contribution in [3.63, 3.8) is 0 Å². The molecular formula is C34H38Cl2N2O4. The van der Waals surface area contributed by atoms with Crippen molar-refractivity contribution in [2.75, 3.05) is 38.7 Å². The van der Waals surface area contributed by atoms with Crippen LogP contribution >= 0.6 is 24.0 Å². The molecule has 8 heteroatoms. The predicted molar refractivity (Wildman–Crippen MR) is 175 cm³/mol. The monoisotopic (exact) mass is 608 g/mol. The first-order valence-corrected chi connectivity index (χ1v) is 14.5. The number of hydrogen-bond acceptors (Lipinski definition) is 6. The van der Waals surface area contributed by atoms with Crippen molar-refractivity contribution in [1.82, 2.24) is 4.90 Å². The van der Waals surface area contributed by atoms with Crippen LogP contribution in [0.3, 0.4) is 0 Å². The van der Waals surface area contributed by atoms with E-state index in [0.29, 0.717) is 35.7 Å². The summed E-state index contributed by atoms with van der Waals surface area (Å²) in [7, 11) is 4.25. The molecule has 2 aliphatic heterocycles. The first-order chi connectivity index (χ1) is 19.7. The highest BCUT2D eigenvalue weighted by molar-refractivity contribution is 6.30. The minimum absolute atomic E-state index is 0. The lowest BCUT2D eigenvalue weighted by atomic mass is 10.0. The van der Waals surface area contributed by atoms with E-state index in [-0.39, 0.29) is 29.0 Å². The zero-order chi connectivity index (χ0) is 29.1. The molecule has 0 unspecified atom stereocenters. The van der Waals surface area contributed by atoms with E-state index < -0.39 is 0 Å². The highest BCUT2D eigenvalue weighted by Crippen LogP contribution is 2.38. The number of halogens is 2. The van der Waals surface area contributed by atoms with Crippen LogP contribution in [0.4, 0.5) is 11.4 Å². The minimum Gasteiger partial charge on any atom is -0.507 e. The maximum atomic E-state index is 12.0. The van der Waals surface area contributed by atoms with Gasteiger partial charge in [0, 0.05) is 40.6 Å². The molecule has 3 heterocycles. The average Bonchev–Trinajstić information content (AvgIpc) is 3.21. The summed E-state index contributed by atoms with van der Waals surface area (Å²) in [6, 6.07) is 18.1. The van der Waals surface area contributed by atoms with Crippen LogP contribution in [0, 0.1) is 6.92 Å². The number of rotatable bonds is 4. The third-order valence-electron chi connectivity index (χ3n) is 7.56. The van der Waals surface area contributed by atoms with E-state index in [1.54, 1.807) is 13.0 Å². The molecule has 222 valence electrons. The molecule has 0 saturated carbocycles. The van der Waals surface area contributed by atoms with E-state index in [9.17, 15) is 9.90 Å². The lowest BCUT2D eigenvalue weighted by Crippen LogP contribution is -2.24. The first-order valence-electron chi connectivity index (χ1n) is 14.1. The molecule has 6 rings (SSSR count). The van der Waals surface area contributed by atoms with Crippen molar-refractivity contribution in [2.45, 2.75) is 39.5 Å². The lowest BCUT2D eigenvalue weighted by molar-refractivity contribution is 0.349. The maximum absolute atomic E-state index is 12.0. The number of nitrogens with zero attached hydrogens (tertiary/aromatic N) is 2. The number of allylic oxidation sites excluding steroid dienone is 1. The molecule has 3 aromatic carbocycles. The number of fused-ring (bicyclic) bond motifs is 4. The van der Waals surface area contributed by atoms with Crippen LogP contribution in [-0.4, -0.2) is 43.8 Å². The van der Waals surface area contributed by atoms with E-state index in [1.807, 2.05) is 19.1 Å². The molecular weight excluding hydrogens is 571 g/mol. The third-order valence-corrected chi connectivity index (χ3v) is 7.80. The van der Waals surface area contributed by atoms with Crippen molar-refractivity contribution in [3.05, 3.63) is 104 Å². The van der Waals surface area contributed by atoms with Gasteiger partial charge in [-0.3, -0.25) is 4.79 Å². The molecule has 0 radical (unpaired) electrons. The minimum atomic E-state index is -0.232. The fraction of sp³-hybridized carbons (Fsp3) is 0.324. The van der Waals surface area contributed by atoms with Gasteiger partial charge < -0.3 is 24.1 Å². The number of para-hydroxylation sites is 1. The summed E-state index contributed by atoms with van der Waals surface area (Å²) < 4.78 is 11.1. The van der Waals surface area contributed by atoms with Gasteiger partial charge in [-0.15, -0.1) is 12.4 Å². The smallest absolute Gasteiger partial charge is 0.196 e. The normalized spacial score (nSPS) is 13.8. The highest BCUT2D eigenvalue weighted by atomic mass is 35.5. The zero-order valence-electron chi connectivity index (χ0n) is 24.6. The Hall–Kier alpha value is -3.45. The third kappa shape index (κ3) is 6.95. The highest BCUT2D eigenvalue weighted by Gasteiger charge is 2.21. The van der Waals surface area contributed by atoms with Crippen molar-refractivity contribution in [1.29, 1.82) is 0 Å². The van der Waals surface area contributed by atoms with E-state index in [1.165, 1.54) is 28.6 Å². The molecule has 6 nitrogen and oxygen atoms in total. The second-order valence-corrected chi connectivity index (χ2v) is 11.5. The summed E-state index contributed by atoms with van der Waals surface area (Å²) in [6.45, 7) is 6.26. The molecule has 0 atom stereocenters. The van der Waals surface area contributed by atoms with Gasteiger partial charge in [0.05, 0.1) is 0 Å². The average molecular weight is 610 g/mol. The second-order valence-electron chi connectivity index (χ2n) is 11.0. The maximum Gasteiger partial charge on any atom is 0.196 e. The number of benzene rings is 3. The van der Waals surface area contributed by atoms with Crippen molar-refractivity contribution < 1.29 is 14.3 Å². The number of hydrogen-bond donors (Lipinski definition) is 1. The largest absolute Gasteiger partial charge is 0.507 e. The van der Waals surface area contributed by atoms with Gasteiger partial charge in [-0.1, -0.05) is 41.9 Å². The van der Waals surface area contributed by atoms with Crippen LogP contribution in [-0.2, 0) is 19.3 Å². The van der Waals surface area contributed by atoms with Crippen molar-refractivity contribution in [2.24, 2.45) is 0 Å². The summed E-state index contributed by atoms with van der Waals surface area (Å²) in [6.07, 6.45) is 5.85. The fourth-order valence-corrected chi connectivity index (χ4v) is 5.63. The Morgan fingerprint density at radius 2 is 1.74 bits per heavy atom. The molecule has 0 fully saturated rings. The number of aryl methyl sites for hydroxylation is 3. The molecule has 1 aromatic heterocycles. The molecule has 1 N–H and O–H groups in total. The Balaban J connectivity index is 0.000000190. The summed E-state index contributed by atoms with van der Waals surface area (Å²) in [5.41, 5.74) is 7.30. The van der Waals surface area contributed by atoms with Crippen LogP contribution in [0.2, 0.25) is 5.02 Å². The van der Waals surface area contributed by atoms with Gasteiger partial charge in [-0.05, 0) is 95.1 Å². The van der Waals surface area contributed by atoms with E-state index in [0.717, 1.165) is 42.9 Å². The van der Waals surface area contributed by atoms with Crippen molar-refractivity contribution >= 4 is 46.4 Å². The Labute approximate surface area is 258 Å². The van der Waals surface area contributed by atoms with Gasteiger partial charge in [-0.25, -0.2) is 0 Å². The number of aromatic hydroxyl groups is 1. The molecule has 0 spiro atoms. The predicted octanol–water partition coefficient (Wildman–Crippen LogP) is 7.64. The standard InChI is InChI=1S/C19H23ClN2.C15H14O4.ClH/c1-21(2)12-5-13-22-18-7-4-3-6-15(18)8-9-16-10-11-17(20)14-19(16)22;1-8-3-4-10-12(18-7-8)6-13-14(15(10)17)11(16)5-9(2)19-13;/h3-4,6-7,10-11,14H,5,8-9,12-13H2,1-2H3;3,5-6,17H,4,7H2,1-2H3;1H. The Bertz CT molecular complexity index is 1660. The van der Waals surface area contributed by atoms with E-state index >= 15 is 0 Å². The van der Waals surface area contributed by atoms with Gasteiger partial charge in [0.1, 0.15) is 34.8 Å². The summed E-state index contributed by atoms with van der Waals surface area (Å²) >= 11 is 6.27. The summed E-state index contributed by atoms with van der Waals surface area (Å²) in [4.78, 5) is 16.7. The van der Waals surface area contributed by atoms with Crippen LogP contribution in [0.15, 0.2) is 75.5 Å². The van der Waals surface area contributed by atoms with Crippen LogP contribution in [0.25, 0.3) is 11.0 Å². The molecule has 0 aliphatic carbocycles. The fourth-order valence-electron chi connectivity index (χ4n) is 5.46. The number of anilines is 2. The number of ether oxygens (including phenoxy) is 1. The number of phenolic OH excluding ortho intramolecular Hbond substituents is 1. The number of phenols is 1. The first kappa shape index (κ1) is 31.5. The second kappa shape index (κ2) is 13.7. The molecule has 4 aromatic rings. The summed E-state index contributed by atoms with van der Waals surface area (Å²) in [5.74, 6) is 1.05. The Kier molecular flexibility index (Phi) is 10.3. The molecule has 0 amide bonds. The van der Waals surface area contributed by atoms with E-state index in [4.69, 9.17) is 20.8 Å². The Morgan fingerprint density at radius 1 is 1.00 bits per heavy atom. The molecule has 0 saturated heterocycles. The molecule has 0 bridgehead atoms. The van der Waals surface area contributed by atoms with Gasteiger partial charge in [0.25, 0.3) is 0 Å². The van der Waals surface area contributed by atoms with E-state index in [2.05, 4.69) is 60.3 Å². The van der Waals surface area contributed by atoms with Gasteiger partial charge in [0.15, 0.2) is 5.43 Å². The van der Waals surface area contributed by atoms with Crippen LogP contribution in [0.5, 0.6) is 11.5 Å².